The van der Waals surface area contributed by atoms with Crippen molar-refractivity contribution in [2.24, 2.45) is 5.73 Å². The second kappa shape index (κ2) is 8.86. The molecule has 0 bridgehead atoms. The molecule has 0 saturated carbocycles. The topological polar surface area (TPSA) is 62.9 Å². The van der Waals surface area contributed by atoms with Gasteiger partial charge in [-0.2, -0.15) is 0 Å². The molecule has 9 heteroatoms. The highest BCUT2D eigenvalue weighted by molar-refractivity contribution is 5.85. The summed E-state index contributed by atoms with van der Waals surface area (Å²) in [6, 6.07) is 7.92. The number of hydrogen-bond acceptors (Lipinski definition) is 5. The molecule has 144 valence electrons. The van der Waals surface area contributed by atoms with Gasteiger partial charge in [-0.25, -0.2) is 0 Å². The molecular formula is C17H19ClF3NO4. The van der Waals surface area contributed by atoms with Gasteiger partial charge in [0.25, 0.3) is 0 Å². The summed E-state index contributed by atoms with van der Waals surface area (Å²) in [5.74, 6) is 1.09. The molecular weight excluding hydrogens is 375 g/mol. The van der Waals surface area contributed by atoms with Gasteiger partial charge in [-0.05, 0) is 17.7 Å². The third-order valence-corrected chi connectivity index (χ3v) is 3.54. The van der Waals surface area contributed by atoms with E-state index in [1.54, 1.807) is 12.1 Å². The van der Waals surface area contributed by atoms with Crippen LogP contribution in [-0.4, -0.2) is 27.7 Å². The number of nitrogens with two attached hydrogens (primary N) is 1. The van der Waals surface area contributed by atoms with Gasteiger partial charge in [-0.15, -0.1) is 25.6 Å². The Bertz CT molecular complexity index is 698. The molecule has 0 aliphatic carbocycles. The van der Waals surface area contributed by atoms with Gasteiger partial charge in [0, 0.05) is 12.1 Å². The van der Waals surface area contributed by atoms with Gasteiger partial charge in [0.1, 0.15) is 23.0 Å². The van der Waals surface area contributed by atoms with E-state index >= 15 is 0 Å². The standard InChI is InChI=1S/C17H18F3NO4.ClH/c1-22-12-8-13(23-2)15(14(9-12)24-3)16(21)10-4-6-11(7-5-10)25-17(18,19)20;/h4-9,16H,21H2,1-3H3;1H/t16-;/m1./s1. The summed E-state index contributed by atoms with van der Waals surface area (Å²) in [7, 11) is 4.46. The van der Waals surface area contributed by atoms with Crippen LogP contribution < -0.4 is 24.7 Å². The van der Waals surface area contributed by atoms with Crippen molar-refractivity contribution in [3.05, 3.63) is 47.5 Å². The van der Waals surface area contributed by atoms with E-state index < -0.39 is 12.4 Å². The van der Waals surface area contributed by atoms with Crippen molar-refractivity contribution in [3.63, 3.8) is 0 Å². The van der Waals surface area contributed by atoms with Gasteiger partial charge in [0.05, 0.1) is 32.9 Å². The molecule has 0 saturated heterocycles. The first kappa shape index (κ1) is 21.7. The van der Waals surface area contributed by atoms with Crippen molar-refractivity contribution in [2.75, 3.05) is 21.3 Å². The fraction of sp³-hybridized carbons (Fsp3) is 0.294. The van der Waals surface area contributed by atoms with Crippen molar-refractivity contribution in [1.82, 2.24) is 0 Å². The SMILES string of the molecule is COc1cc(OC)c([C@H](N)c2ccc(OC(F)(F)F)cc2)c(OC)c1.Cl. The van der Waals surface area contributed by atoms with Crippen molar-refractivity contribution in [3.8, 4) is 23.0 Å². The lowest BCUT2D eigenvalue weighted by atomic mass is 9.97. The highest BCUT2D eigenvalue weighted by Crippen LogP contribution is 2.40. The summed E-state index contributed by atoms with van der Waals surface area (Å²) in [6.45, 7) is 0. The summed E-state index contributed by atoms with van der Waals surface area (Å²) in [5, 5.41) is 0. The molecule has 2 rings (SSSR count). The lowest BCUT2D eigenvalue weighted by molar-refractivity contribution is -0.274. The number of ether oxygens (including phenoxy) is 4. The van der Waals surface area contributed by atoms with Crippen molar-refractivity contribution < 1.29 is 32.1 Å². The lowest BCUT2D eigenvalue weighted by Gasteiger charge is -2.20. The molecule has 2 aromatic carbocycles. The number of alkyl halides is 3. The van der Waals surface area contributed by atoms with Gasteiger partial charge in [-0.1, -0.05) is 12.1 Å². The quantitative estimate of drug-likeness (QED) is 0.801. The molecule has 0 radical (unpaired) electrons. The van der Waals surface area contributed by atoms with Crippen molar-refractivity contribution >= 4 is 12.4 Å². The molecule has 0 amide bonds. The van der Waals surface area contributed by atoms with E-state index in [1.807, 2.05) is 0 Å². The summed E-state index contributed by atoms with van der Waals surface area (Å²) in [4.78, 5) is 0. The Kier molecular flexibility index (Phi) is 7.41. The minimum atomic E-state index is -4.74. The van der Waals surface area contributed by atoms with Crippen LogP contribution in [0.3, 0.4) is 0 Å². The highest BCUT2D eigenvalue weighted by Gasteiger charge is 2.31. The van der Waals surface area contributed by atoms with E-state index in [2.05, 4.69) is 4.74 Å². The minimum absolute atomic E-state index is 0. The average molecular weight is 394 g/mol. The van der Waals surface area contributed by atoms with Crippen molar-refractivity contribution in [2.45, 2.75) is 12.4 Å². The Labute approximate surface area is 155 Å². The first-order valence-corrected chi connectivity index (χ1v) is 7.20. The Morgan fingerprint density at radius 2 is 1.35 bits per heavy atom. The van der Waals surface area contributed by atoms with Crippen LogP contribution in [0.4, 0.5) is 13.2 Å². The molecule has 2 aromatic rings. The molecule has 0 aromatic heterocycles. The molecule has 0 unspecified atom stereocenters. The zero-order valence-corrected chi connectivity index (χ0v) is 15.1. The summed E-state index contributed by atoms with van der Waals surface area (Å²) in [5.41, 5.74) is 7.39. The van der Waals surface area contributed by atoms with Gasteiger partial charge in [-0.3, -0.25) is 0 Å². The molecule has 1 atom stereocenters. The van der Waals surface area contributed by atoms with E-state index in [1.165, 1.54) is 45.6 Å². The van der Waals surface area contributed by atoms with Crippen LogP contribution >= 0.6 is 12.4 Å². The Morgan fingerprint density at radius 1 is 0.846 bits per heavy atom. The molecule has 0 aliphatic heterocycles. The van der Waals surface area contributed by atoms with Gasteiger partial charge >= 0.3 is 6.36 Å². The Morgan fingerprint density at radius 3 is 1.73 bits per heavy atom. The number of rotatable bonds is 6. The van der Waals surface area contributed by atoms with Crippen LogP contribution in [0.5, 0.6) is 23.0 Å². The maximum Gasteiger partial charge on any atom is 0.573 e. The van der Waals surface area contributed by atoms with E-state index in [-0.39, 0.29) is 18.2 Å². The lowest BCUT2D eigenvalue weighted by Crippen LogP contribution is -2.17. The van der Waals surface area contributed by atoms with Crippen LogP contribution in [0.2, 0.25) is 0 Å². The first-order chi connectivity index (χ1) is 11.8. The second-order valence-corrected chi connectivity index (χ2v) is 5.04. The van der Waals surface area contributed by atoms with Crippen molar-refractivity contribution in [1.29, 1.82) is 0 Å². The maximum absolute atomic E-state index is 12.2. The van der Waals surface area contributed by atoms with Gasteiger partial charge in [0.15, 0.2) is 0 Å². The number of benzene rings is 2. The smallest absolute Gasteiger partial charge is 0.496 e. The maximum atomic E-state index is 12.2. The molecule has 26 heavy (non-hydrogen) atoms. The zero-order chi connectivity index (χ0) is 18.6. The minimum Gasteiger partial charge on any atom is -0.496 e. The summed E-state index contributed by atoms with van der Waals surface area (Å²) >= 11 is 0. The zero-order valence-electron chi connectivity index (χ0n) is 14.3. The predicted molar refractivity (Wildman–Crippen MR) is 92.5 cm³/mol. The predicted octanol–water partition coefficient (Wildman–Crippen LogP) is 4.08. The largest absolute Gasteiger partial charge is 0.573 e. The monoisotopic (exact) mass is 393 g/mol. The number of halogens is 4. The van der Waals surface area contributed by atoms with E-state index in [0.717, 1.165) is 0 Å². The van der Waals surface area contributed by atoms with Crippen LogP contribution in [0.15, 0.2) is 36.4 Å². The fourth-order valence-corrected chi connectivity index (χ4v) is 2.38. The molecule has 2 N–H and O–H groups in total. The van der Waals surface area contributed by atoms with Crippen LogP contribution in [0.25, 0.3) is 0 Å². The van der Waals surface area contributed by atoms with Crippen LogP contribution in [0.1, 0.15) is 17.2 Å². The Balaban J connectivity index is 0.00000338. The molecule has 5 nitrogen and oxygen atoms in total. The average Bonchev–Trinajstić information content (AvgIpc) is 2.59. The second-order valence-electron chi connectivity index (χ2n) is 5.04. The number of hydrogen-bond donors (Lipinski definition) is 1. The molecule has 0 aliphatic rings. The summed E-state index contributed by atoms with van der Waals surface area (Å²) < 4.78 is 56.5. The number of methoxy groups -OCH3 is 3. The molecule has 0 fully saturated rings. The summed E-state index contributed by atoms with van der Waals surface area (Å²) in [6.07, 6.45) is -4.74. The van der Waals surface area contributed by atoms with Crippen LogP contribution in [0, 0.1) is 0 Å². The van der Waals surface area contributed by atoms with Gasteiger partial charge in [0.2, 0.25) is 0 Å². The highest BCUT2D eigenvalue weighted by atomic mass is 35.5. The van der Waals surface area contributed by atoms with Gasteiger partial charge < -0.3 is 24.7 Å². The first-order valence-electron chi connectivity index (χ1n) is 7.20. The van der Waals surface area contributed by atoms with E-state index in [0.29, 0.717) is 28.4 Å². The van der Waals surface area contributed by atoms with E-state index in [9.17, 15) is 13.2 Å². The van der Waals surface area contributed by atoms with E-state index in [4.69, 9.17) is 19.9 Å². The normalized spacial score (nSPS) is 12.0. The Hall–Kier alpha value is -2.32. The molecule has 0 spiro atoms. The third kappa shape index (κ3) is 5.09. The fourth-order valence-electron chi connectivity index (χ4n) is 2.38. The van der Waals surface area contributed by atoms with Crippen LogP contribution in [-0.2, 0) is 0 Å². The third-order valence-electron chi connectivity index (χ3n) is 3.54. The molecule has 0 heterocycles.